The van der Waals surface area contributed by atoms with Gasteiger partial charge >= 0.3 is 0 Å². The maximum atomic E-state index is 11.9. The number of hydrogen-bond acceptors (Lipinski definition) is 4. The van der Waals surface area contributed by atoms with Crippen LogP contribution in [0, 0.1) is 0 Å². The highest BCUT2D eigenvalue weighted by Crippen LogP contribution is 2.24. The summed E-state index contributed by atoms with van der Waals surface area (Å²) in [4.78, 5) is 20.3. The van der Waals surface area contributed by atoms with E-state index in [1.165, 1.54) is 5.56 Å². The Kier molecular flexibility index (Phi) is 5.11. The van der Waals surface area contributed by atoms with Gasteiger partial charge < -0.3 is 10.6 Å². The number of amides is 1. The molecule has 0 aliphatic heterocycles. The van der Waals surface area contributed by atoms with E-state index in [1.54, 1.807) is 18.3 Å². The van der Waals surface area contributed by atoms with Crippen LogP contribution in [0.2, 0.25) is 0 Å². The van der Waals surface area contributed by atoms with E-state index in [9.17, 15) is 4.79 Å². The van der Waals surface area contributed by atoms with E-state index in [0.29, 0.717) is 18.2 Å². The molecule has 23 heavy (non-hydrogen) atoms. The molecule has 2 aromatic rings. The van der Waals surface area contributed by atoms with Crippen LogP contribution in [0.3, 0.4) is 0 Å². The third-order valence-electron chi connectivity index (χ3n) is 3.30. The second-order valence-electron chi connectivity index (χ2n) is 6.22. The van der Waals surface area contributed by atoms with Crippen molar-refractivity contribution in [2.75, 3.05) is 11.9 Å². The maximum Gasteiger partial charge on any atom is 0.270 e. The normalized spacial score (nSPS) is 10.9. The Morgan fingerprint density at radius 1 is 1.22 bits per heavy atom. The van der Waals surface area contributed by atoms with Crippen LogP contribution in [-0.4, -0.2) is 22.4 Å². The van der Waals surface area contributed by atoms with Crippen LogP contribution in [0.5, 0.6) is 0 Å². The third-order valence-corrected chi connectivity index (χ3v) is 3.30. The van der Waals surface area contributed by atoms with Gasteiger partial charge in [0.15, 0.2) is 0 Å². The van der Waals surface area contributed by atoms with Gasteiger partial charge in [0, 0.05) is 18.4 Å². The van der Waals surface area contributed by atoms with Crippen LogP contribution in [0.25, 0.3) is 0 Å². The van der Waals surface area contributed by atoms with Crippen LogP contribution in [0.4, 0.5) is 11.6 Å². The fourth-order valence-electron chi connectivity index (χ4n) is 1.98. The van der Waals surface area contributed by atoms with Gasteiger partial charge in [-0.15, -0.1) is 6.58 Å². The first-order chi connectivity index (χ1) is 10.9. The number of nitrogens with zero attached hydrogens (tertiary/aromatic N) is 2. The van der Waals surface area contributed by atoms with Crippen molar-refractivity contribution < 1.29 is 4.79 Å². The molecule has 0 aliphatic carbocycles. The molecule has 120 valence electrons. The summed E-state index contributed by atoms with van der Waals surface area (Å²) in [7, 11) is 0. The molecular formula is C18H22N4O. The number of anilines is 2. The highest BCUT2D eigenvalue weighted by Gasteiger charge is 2.13. The molecule has 0 radical (unpaired) electrons. The van der Waals surface area contributed by atoms with Crippen LogP contribution in [0.15, 0.2) is 49.2 Å². The Balaban J connectivity index is 2.11. The summed E-state index contributed by atoms with van der Waals surface area (Å²) in [5, 5.41) is 5.80. The number of nitrogens with one attached hydrogen (secondary N) is 2. The molecule has 0 spiro atoms. The molecule has 2 rings (SSSR count). The molecule has 0 aliphatic rings. The monoisotopic (exact) mass is 310 g/mol. The van der Waals surface area contributed by atoms with Crippen LogP contribution in [-0.2, 0) is 5.41 Å². The molecule has 2 N–H and O–H groups in total. The molecule has 0 saturated carbocycles. The number of benzene rings is 1. The average Bonchev–Trinajstić information content (AvgIpc) is 2.52. The molecule has 0 saturated heterocycles. The molecule has 5 nitrogen and oxygen atoms in total. The second-order valence-corrected chi connectivity index (χ2v) is 6.22. The molecule has 0 bridgehead atoms. The SMILES string of the molecule is C=CCNC(=O)c1ccnc(Nc2ccc(C(C)(C)C)cc2)n1. The van der Waals surface area contributed by atoms with Crippen molar-refractivity contribution >= 4 is 17.5 Å². The first-order valence-corrected chi connectivity index (χ1v) is 7.50. The summed E-state index contributed by atoms with van der Waals surface area (Å²) in [5.74, 6) is 0.137. The summed E-state index contributed by atoms with van der Waals surface area (Å²) >= 11 is 0. The Bertz CT molecular complexity index is 687. The summed E-state index contributed by atoms with van der Waals surface area (Å²) < 4.78 is 0. The van der Waals surface area contributed by atoms with Crippen molar-refractivity contribution in [3.05, 3.63) is 60.4 Å². The average molecular weight is 310 g/mol. The van der Waals surface area contributed by atoms with Gasteiger partial charge in [0.25, 0.3) is 5.91 Å². The fourth-order valence-corrected chi connectivity index (χ4v) is 1.98. The fraction of sp³-hybridized carbons (Fsp3) is 0.278. The van der Waals surface area contributed by atoms with Gasteiger partial charge in [-0.05, 0) is 29.2 Å². The molecule has 1 amide bonds. The molecule has 1 aromatic heterocycles. The Morgan fingerprint density at radius 3 is 2.52 bits per heavy atom. The molecule has 1 aromatic carbocycles. The van der Waals surface area contributed by atoms with E-state index < -0.39 is 0 Å². The first-order valence-electron chi connectivity index (χ1n) is 7.50. The van der Waals surface area contributed by atoms with Crippen molar-refractivity contribution in [2.45, 2.75) is 26.2 Å². The minimum absolute atomic E-state index is 0.109. The van der Waals surface area contributed by atoms with Gasteiger partial charge in [0.05, 0.1) is 0 Å². The summed E-state index contributed by atoms with van der Waals surface area (Å²) in [6, 6.07) is 9.68. The first kappa shape index (κ1) is 16.7. The van der Waals surface area contributed by atoms with Crippen molar-refractivity contribution in [3.63, 3.8) is 0 Å². The molecule has 1 heterocycles. The highest BCUT2D eigenvalue weighted by molar-refractivity contribution is 5.92. The summed E-state index contributed by atoms with van der Waals surface area (Å²) in [5.41, 5.74) is 2.55. The van der Waals surface area contributed by atoms with Gasteiger partial charge in [-0.25, -0.2) is 9.97 Å². The molecule has 0 unspecified atom stereocenters. The number of rotatable bonds is 5. The van der Waals surface area contributed by atoms with E-state index >= 15 is 0 Å². The summed E-state index contributed by atoms with van der Waals surface area (Å²) in [6.07, 6.45) is 3.18. The van der Waals surface area contributed by atoms with Crippen LogP contribution < -0.4 is 10.6 Å². The minimum atomic E-state index is -0.251. The topological polar surface area (TPSA) is 66.9 Å². The lowest BCUT2D eigenvalue weighted by molar-refractivity contribution is 0.0953. The lowest BCUT2D eigenvalue weighted by Gasteiger charge is -2.19. The Hall–Kier alpha value is -2.69. The molecule has 5 heteroatoms. The molecule has 0 atom stereocenters. The van der Waals surface area contributed by atoms with Gasteiger partial charge in [-0.2, -0.15) is 0 Å². The largest absolute Gasteiger partial charge is 0.347 e. The lowest BCUT2D eigenvalue weighted by Crippen LogP contribution is -2.24. The number of carbonyl (C=O) groups excluding carboxylic acids is 1. The lowest BCUT2D eigenvalue weighted by atomic mass is 9.87. The highest BCUT2D eigenvalue weighted by atomic mass is 16.1. The minimum Gasteiger partial charge on any atom is -0.347 e. The Labute approximate surface area is 136 Å². The standard InChI is InChI=1S/C18H22N4O/c1-5-11-19-16(23)15-10-12-20-17(22-15)21-14-8-6-13(7-9-14)18(2,3)4/h5-10,12H,1,11H2,2-4H3,(H,19,23)(H,20,21,22). The number of aromatic nitrogens is 2. The van der Waals surface area contributed by atoms with Gasteiger partial charge in [-0.3, -0.25) is 4.79 Å². The van der Waals surface area contributed by atoms with E-state index in [0.717, 1.165) is 5.69 Å². The predicted octanol–water partition coefficient (Wildman–Crippen LogP) is 3.43. The van der Waals surface area contributed by atoms with E-state index in [4.69, 9.17) is 0 Å². The van der Waals surface area contributed by atoms with Crippen molar-refractivity contribution in [2.24, 2.45) is 0 Å². The summed E-state index contributed by atoms with van der Waals surface area (Å²) in [6.45, 7) is 10.5. The predicted molar refractivity (Wildman–Crippen MR) is 93.0 cm³/mol. The van der Waals surface area contributed by atoms with Crippen LogP contribution >= 0.6 is 0 Å². The zero-order chi connectivity index (χ0) is 16.9. The number of hydrogen-bond donors (Lipinski definition) is 2. The maximum absolute atomic E-state index is 11.9. The van der Waals surface area contributed by atoms with E-state index in [2.05, 4.69) is 60.1 Å². The zero-order valence-electron chi connectivity index (χ0n) is 13.8. The second kappa shape index (κ2) is 7.05. The van der Waals surface area contributed by atoms with Gasteiger partial charge in [-0.1, -0.05) is 39.0 Å². The smallest absolute Gasteiger partial charge is 0.270 e. The third kappa shape index (κ3) is 4.64. The number of carbonyl (C=O) groups is 1. The Morgan fingerprint density at radius 2 is 1.91 bits per heavy atom. The van der Waals surface area contributed by atoms with Crippen molar-refractivity contribution in [3.8, 4) is 0 Å². The van der Waals surface area contributed by atoms with E-state index in [1.807, 2.05) is 12.1 Å². The molecule has 0 fully saturated rings. The van der Waals surface area contributed by atoms with Crippen molar-refractivity contribution in [1.82, 2.24) is 15.3 Å². The molecular weight excluding hydrogens is 288 g/mol. The van der Waals surface area contributed by atoms with Crippen LogP contribution in [0.1, 0.15) is 36.8 Å². The zero-order valence-corrected chi connectivity index (χ0v) is 13.8. The van der Waals surface area contributed by atoms with Gasteiger partial charge in [0.2, 0.25) is 5.95 Å². The van der Waals surface area contributed by atoms with Crippen molar-refractivity contribution in [1.29, 1.82) is 0 Å². The van der Waals surface area contributed by atoms with E-state index in [-0.39, 0.29) is 11.3 Å². The van der Waals surface area contributed by atoms with Gasteiger partial charge in [0.1, 0.15) is 5.69 Å². The quantitative estimate of drug-likeness (QED) is 0.830.